The number of fused-ring (bicyclic) bond motifs is 1. The van der Waals surface area contributed by atoms with Crippen LogP contribution in [0.1, 0.15) is 5.56 Å². The Kier molecular flexibility index (Phi) is 3.60. The number of benzene rings is 2. The number of nitrogen functional groups attached to an aromatic ring is 1. The molecule has 21 heavy (non-hydrogen) atoms. The monoisotopic (exact) mass is 279 g/mol. The van der Waals surface area contributed by atoms with Gasteiger partial charge in [-0.1, -0.05) is 24.3 Å². The van der Waals surface area contributed by atoms with Gasteiger partial charge in [-0.3, -0.25) is 4.98 Å². The van der Waals surface area contributed by atoms with E-state index in [4.69, 9.17) is 10.5 Å². The summed E-state index contributed by atoms with van der Waals surface area (Å²) in [6.07, 6.45) is 1.82. The molecule has 0 saturated carbocycles. The van der Waals surface area contributed by atoms with E-state index >= 15 is 0 Å². The normalized spacial score (nSPS) is 10.5. The molecule has 0 saturated heterocycles. The Morgan fingerprint density at radius 3 is 2.86 bits per heavy atom. The van der Waals surface area contributed by atoms with Gasteiger partial charge in [0.15, 0.2) is 0 Å². The third-order valence-electron chi connectivity index (χ3n) is 3.43. The molecule has 0 fully saturated rings. The van der Waals surface area contributed by atoms with Crippen molar-refractivity contribution in [3.63, 3.8) is 0 Å². The molecule has 1 heterocycles. The van der Waals surface area contributed by atoms with Crippen molar-refractivity contribution in [1.82, 2.24) is 4.98 Å². The average molecular weight is 279 g/mol. The fourth-order valence-electron chi connectivity index (χ4n) is 2.33. The fourth-order valence-corrected chi connectivity index (χ4v) is 2.33. The zero-order chi connectivity index (χ0) is 14.7. The summed E-state index contributed by atoms with van der Waals surface area (Å²) < 4.78 is 5.23. The molecular formula is C17H17N3O. The van der Waals surface area contributed by atoms with E-state index in [0.717, 1.165) is 22.2 Å². The predicted octanol–water partition coefficient (Wildman–Crippen LogP) is 3.44. The van der Waals surface area contributed by atoms with Crippen molar-refractivity contribution >= 4 is 22.3 Å². The minimum Gasteiger partial charge on any atom is -0.495 e. The number of pyridine rings is 1. The lowest BCUT2D eigenvalue weighted by molar-refractivity contribution is 0.417. The van der Waals surface area contributed by atoms with Gasteiger partial charge in [0.05, 0.1) is 18.3 Å². The molecule has 3 N–H and O–H groups in total. The van der Waals surface area contributed by atoms with Crippen LogP contribution in [0.2, 0.25) is 0 Å². The number of hydrogen-bond acceptors (Lipinski definition) is 4. The standard InChI is InChI=1S/C17H17N3O/c1-21-16-10-14(7-8-15(16)18)20-11-13-5-2-4-12-6-3-9-19-17(12)13/h2-10,20H,11,18H2,1H3. The Bertz CT molecular complexity index is 766. The van der Waals surface area contributed by atoms with Crippen LogP contribution in [0.4, 0.5) is 11.4 Å². The van der Waals surface area contributed by atoms with Crippen molar-refractivity contribution in [2.45, 2.75) is 6.54 Å². The van der Waals surface area contributed by atoms with Gasteiger partial charge in [0, 0.05) is 29.9 Å². The van der Waals surface area contributed by atoms with Crippen molar-refractivity contribution in [1.29, 1.82) is 0 Å². The lowest BCUT2D eigenvalue weighted by Gasteiger charge is -2.11. The predicted molar refractivity (Wildman–Crippen MR) is 86.5 cm³/mol. The van der Waals surface area contributed by atoms with Gasteiger partial charge in [-0.05, 0) is 23.8 Å². The van der Waals surface area contributed by atoms with Crippen LogP contribution in [-0.4, -0.2) is 12.1 Å². The summed E-state index contributed by atoms with van der Waals surface area (Å²) in [6, 6.07) is 15.9. The molecule has 0 radical (unpaired) electrons. The molecule has 0 atom stereocenters. The molecule has 3 rings (SSSR count). The summed E-state index contributed by atoms with van der Waals surface area (Å²) in [6.45, 7) is 0.696. The highest BCUT2D eigenvalue weighted by Crippen LogP contribution is 2.25. The highest BCUT2D eigenvalue weighted by Gasteiger charge is 2.04. The van der Waals surface area contributed by atoms with Gasteiger partial charge in [-0.15, -0.1) is 0 Å². The molecule has 2 aromatic carbocycles. The van der Waals surface area contributed by atoms with Crippen LogP contribution < -0.4 is 15.8 Å². The highest BCUT2D eigenvalue weighted by molar-refractivity contribution is 5.81. The van der Waals surface area contributed by atoms with Gasteiger partial charge >= 0.3 is 0 Å². The molecule has 0 bridgehead atoms. The largest absolute Gasteiger partial charge is 0.495 e. The first-order valence-corrected chi connectivity index (χ1v) is 6.78. The van der Waals surface area contributed by atoms with Crippen LogP contribution in [0, 0.1) is 0 Å². The molecule has 1 aromatic heterocycles. The number of hydrogen-bond donors (Lipinski definition) is 2. The first-order chi connectivity index (χ1) is 10.3. The smallest absolute Gasteiger partial charge is 0.143 e. The van der Waals surface area contributed by atoms with E-state index in [1.807, 2.05) is 36.5 Å². The maximum atomic E-state index is 5.82. The van der Waals surface area contributed by atoms with E-state index in [1.54, 1.807) is 7.11 Å². The quantitative estimate of drug-likeness (QED) is 0.718. The maximum absolute atomic E-state index is 5.82. The van der Waals surface area contributed by atoms with Crippen LogP contribution in [-0.2, 0) is 6.54 Å². The molecule has 0 aliphatic rings. The number of nitrogens with two attached hydrogens (primary N) is 1. The van der Waals surface area contributed by atoms with Crippen molar-refractivity contribution in [2.75, 3.05) is 18.2 Å². The number of rotatable bonds is 4. The summed E-state index contributed by atoms with van der Waals surface area (Å²) in [5.74, 6) is 0.677. The summed E-state index contributed by atoms with van der Waals surface area (Å²) in [7, 11) is 1.62. The van der Waals surface area contributed by atoms with Gasteiger partial charge in [-0.25, -0.2) is 0 Å². The molecule has 0 amide bonds. The number of methoxy groups -OCH3 is 1. The van der Waals surface area contributed by atoms with Gasteiger partial charge in [-0.2, -0.15) is 0 Å². The molecule has 0 aliphatic heterocycles. The zero-order valence-corrected chi connectivity index (χ0v) is 11.8. The van der Waals surface area contributed by atoms with E-state index in [2.05, 4.69) is 28.5 Å². The Balaban J connectivity index is 1.83. The average Bonchev–Trinajstić information content (AvgIpc) is 2.54. The zero-order valence-electron chi connectivity index (χ0n) is 11.8. The molecule has 4 nitrogen and oxygen atoms in total. The van der Waals surface area contributed by atoms with E-state index in [1.165, 1.54) is 0 Å². The van der Waals surface area contributed by atoms with Gasteiger partial charge in [0.25, 0.3) is 0 Å². The molecule has 0 aliphatic carbocycles. The Morgan fingerprint density at radius 1 is 1.14 bits per heavy atom. The van der Waals surface area contributed by atoms with Crippen molar-refractivity contribution in [3.05, 3.63) is 60.3 Å². The van der Waals surface area contributed by atoms with E-state index in [9.17, 15) is 0 Å². The highest BCUT2D eigenvalue weighted by atomic mass is 16.5. The maximum Gasteiger partial charge on any atom is 0.143 e. The molecule has 0 spiro atoms. The number of nitrogens with one attached hydrogen (secondary N) is 1. The van der Waals surface area contributed by atoms with E-state index in [0.29, 0.717) is 18.0 Å². The second kappa shape index (κ2) is 5.71. The SMILES string of the molecule is COc1cc(NCc2cccc3cccnc23)ccc1N. The topological polar surface area (TPSA) is 60.2 Å². The first-order valence-electron chi connectivity index (χ1n) is 6.78. The van der Waals surface area contributed by atoms with Crippen LogP contribution in [0.3, 0.4) is 0 Å². The second-order valence-electron chi connectivity index (χ2n) is 4.80. The van der Waals surface area contributed by atoms with Gasteiger partial charge in [0.1, 0.15) is 5.75 Å². The van der Waals surface area contributed by atoms with Crippen molar-refractivity contribution in [3.8, 4) is 5.75 Å². The lowest BCUT2D eigenvalue weighted by atomic mass is 10.1. The minimum absolute atomic E-state index is 0.634. The molecule has 4 heteroatoms. The molecular weight excluding hydrogens is 262 g/mol. The summed E-state index contributed by atoms with van der Waals surface area (Å²) in [4.78, 5) is 4.46. The Morgan fingerprint density at radius 2 is 2.00 bits per heavy atom. The number of para-hydroxylation sites is 1. The fraction of sp³-hybridized carbons (Fsp3) is 0.118. The van der Waals surface area contributed by atoms with E-state index < -0.39 is 0 Å². The van der Waals surface area contributed by atoms with Gasteiger partial charge in [0.2, 0.25) is 0 Å². The lowest BCUT2D eigenvalue weighted by Crippen LogP contribution is -2.02. The van der Waals surface area contributed by atoms with Crippen LogP contribution in [0.15, 0.2) is 54.7 Å². The minimum atomic E-state index is 0.634. The van der Waals surface area contributed by atoms with Gasteiger partial charge < -0.3 is 15.8 Å². The Hall–Kier alpha value is -2.75. The van der Waals surface area contributed by atoms with Crippen LogP contribution >= 0.6 is 0 Å². The molecule has 106 valence electrons. The van der Waals surface area contributed by atoms with Crippen LogP contribution in [0.5, 0.6) is 5.75 Å². The number of aromatic nitrogens is 1. The van der Waals surface area contributed by atoms with Crippen LogP contribution in [0.25, 0.3) is 10.9 Å². The third-order valence-corrected chi connectivity index (χ3v) is 3.43. The van der Waals surface area contributed by atoms with E-state index in [-0.39, 0.29) is 0 Å². The van der Waals surface area contributed by atoms with Crippen molar-refractivity contribution in [2.24, 2.45) is 0 Å². The van der Waals surface area contributed by atoms with Crippen molar-refractivity contribution < 1.29 is 4.74 Å². The number of ether oxygens (including phenoxy) is 1. The Labute approximate surface area is 123 Å². The second-order valence-corrected chi connectivity index (χ2v) is 4.80. The molecule has 3 aromatic rings. The third kappa shape index (κ3) is 2.74. The summed E-state index contributed by atoms with van der Waals surface area (Å²) >= 11 is 0. The number of anilines is 2. The first kappa shape index (κ1) is 13.2. The summed E-state index contributed by atoms with van der Waals surface area (Å²) in [5, 5.41) is 4.52. The molecule has 0 unspecified atom stereocenters. The number of nitrogens with zero attached hydrogens (tertiary/aromatic N) is 1. The summed E-state index contributed by atoms with van der Waals surface area (Å²) in [5.41, 5.74) is 9.60.